The van der Waals surface area contributed by atoms with Crippen LogP contribution < -0.4 is 0 Å². The second kappa shape index (κ2) is 16.0. The first kappa shape index (κ1) is 27.9. The smallest absolute Gasteiger partial charge is 0.500 e. The van der Waals surface area contributed by atoms with Gasteiger partial charge in [-0.15, -0.1) is 53.1 Å². The first-order valence-electron chi connectivity index (χ1n) is 22.9. The zero-order valence-corrected chi connectivity index (χ0v) is 33.4. The molecule has 0 saturated heterocycles. The second-order valence-electron chi connectivity index (χ2n) is 14.7. The van der Waals surface area contributed by atoms with Crippen molar-refractivity contribution in [2.45, 2.75) is 84.7 Å². The van der Waals surface area contributed by atoms with Crippen LogP contribution in [0.15, 0.2) is 108 Å². The van der Waals surface area contributed by atoms with Crippen molar-refractivity contribution in [3.8, 4) is 22.5 Å². The molecule has 1 saturated carbocycles. The number of aryl methyl sites for hydroxylation is 3. The summed E-state index contributed by atoms with van der Waals surface area (Å²) in [7, 11) is 0. The van der Waals surface area contributed by atoms with Crippen LogP contribution >= 0.6 is 0 Å². The first-order valence-corrected chi connectivity index (χ1v) is 17.9. The van der Waals surface area contributed by atoms with Gasteiger partial charge in [0, 0.05) is 36.9 Å². The van der Waals surface area contributed by atoms with Gasteiger partial charge in [-0.2, -0.15) is 0 Å². The molecule has 0 bridgehead atoms. The Bertz CT molecular complexity index is 2880. The molecule has 4 heteroatoms. The van der Waals surface area contributed by atoms with Gasteiger partial charge in [0.1, 0.15) is 5.58 Å². The summed E-state index contributed by atoms with van der Waals surface area (Å²) in [6.45, 7) is -0.508. The Labute approximate surface area is 348 Å². The van der Waals surface area contributed by atoms with Gasteiger partial charge < -0.3 is 21.8 Å². The zero-order chi connectivity index (χ0) is 44.4. The Morgan fingerprint density at radius 1 is 0.722 bits per heavy atom. The minimum Gasteiger partial charge on any atom is -0.500 e. The molecule has 0 radical (unpaired) electrons. The van der Waals surface area contributed by atoms with E-state index in [1.54, 1.807) is 18.2 Å². The largest absolute Gasteiger partial charge is 3.00 e. The van der Waals surface area contributed by atoms with Crippen molar-refractivity contribution in [3.05, 3.63) is 151 Å². The number of pyridine rings is 2. The molecule has 8 aromatic rings. The third-order valence-electron chi connectivity index (χ3n) is 10.1. The molecule has 5 aromatic carbocycles. The summed E-state index contributed by atoms with van der Waals surface area (Å²) in [4.78, 5) is 8.99. The Morgan fingerprint density at radius 2 is 1.50 bits per heavy atom. The van der Waals surface area contributed by atoms with Crippen molar-refractivity contribution < 1.29 is 38.2 Å². The quantitative estimate of drug-likeness (QED) is 0.131. The molecule has 3 nitrogen and oxygen atoms in total. The van der Waals surface area contributed by atoms with Gasteiger partial charge in [-0.3, -0.25) is 0 Å². The molecule has 1 fully saturated rings. The molecule has 3 aromatic heterocycles. The summed E-state index contributed by atoms with van der Waals surface area (Å²) in [6, 6.07) is 34.1. The maximum atomic E-state index is 9.29. The van der Waals surface area contributed by atoms with Gasteiger partial charge >= 0.3 is 20.1 Å². The Balaban J connectivity index is 0.000000262. The van der Waals surface area contributed by atoms with Gasteiger partial charge in [-0.1, -0.05) is 131 Å². The number of hydrogen-bond acceptors (Lipinski definition) is 3. The van der Waals surface area contributed by atoms with Crippen LogP contribution in [0.3, 0.4) is 0 Å². The molecule has 0 unspecified atom stereocenters. The van der Waals surface area contributed by atoms with E-state index in [1.165, 1.54) is 23.9 Å². The molecule has 0 aliphatic heterocycles. The van der Waals surface area contributed by atoms with Gasteiger partial charge in [-0.05, 0) is 75.2 Å². The van der Waals surface area contributed by atoms with E-state index in [-0.39, 0.29) is 44.1 Å². The second-order valence-corrected chi connectivity index (χ2v) is 14.7. The monoisotopic (exact) mass is 896 g/mol. The minimum atomic E-state index is -2.42. The number of furan rings is 1. The van der Waals surface area contributed by atoms with Crippen molar-refractivity contribution in [2.75, 3.05) is 0 Å². The average Bonchev–Trinajstić information content (AvgIpc) is 3.62. The van der Waals surface area contributed by atoms with Gasteiger partial charge in [0.25, 0.3) is 0 Å². The molecule has 0 N–H and O–H groups in total. The van der Waals surface area contributed by atoms with Gasteiger partial charge in [0.2, 0.25) is 0 Å². The molecule has 0 amide bonds. The number of hydrogen-bond donors (Lipinski definition) is 0. The minimum absolute atomic E-state index is 0. The SMILES string of the molecule is [2H]C([2H])([2H])c1c[c-]c(-c2ccc(C(C)(C)C)cn2)cc1.[2H]C([2H])([2H])c1cnc(-c2[c-]cc(C([2H])([2H])[2H])c3c2oc2c3ccc3ccc4ccccc4c32)cc1C1([2H])CCCCC1.[CH3-].[Ir+3]. The summed E-state index contributed by atoms with van der Waals surface area (Å²) < 4.78 is 87.3. The summed E-state index contributed by atoms with van der Waals surface area (Å²) in [5.74, 6) is -1.04. The third kappa shape index (κ3) is 7.52. The van der Waals surface area contributed by atoms with Crippen molar-refractivity contribution in [1.29, 1.82) is 0 Å². The van der Waals surface area contributed by atoms with Crippen LogP contribution in [0.4, 0.5) is 0 Å². The van der Waals surface area contributed by atoms with Crippen LogP contribution in [0.25, 0.3) is 66.0 Å². The maximum Gasteiger partial charge on any atom is 3.00 e. The van der Waals surface area contributed by atoms with Crippen molar-refractivity contribution >= 4 is 43.5 Å². The van der Waals surface area contributed by atoms with Gasteiger partial charge in [0.05, 0.1) is 5.58 Å². The average molecular weight is 896 g/mol. The van der Waals surface area contributed by atoms with Gasteiger partial charge in [-0.25, -0.2) is 0 Å². The van der Waals surface area contributed by atoms with E-state index in [9.17, 15) is 1.37 Å². The number of fused-ring (bicyclic) bond motifs is 7. The molecule has 1 aliphatic carbocycles. The number of rotatable bonds is 3. The molecular weight excluding hydrogens is 837 g/mol. The summed E-state index contributed by atoms with van der Waals surface area (Å²) in [5, 5.41) is 5.05. The Morgan fingerprint density at radius 3 is 2.22 bits per heavy atom. The fraction of sp³-hybridized carbons (Fsp3) is 0.260. The number of aromatic nitrogens is 2. The summed E-state index contributed by atoms with van der Waals surface area (Å²) in [5.41, 5.74) is 5.56. The van der Waals surface area contributed by atoms with E-state index in [2.05, 4.69) is 48.9 Å². The van der Waals surface area contributed by atoms with Gasteiger partial charge in [0.15, 0.2) is 0 Å². The maximum absolute atomic E-state index is 9.29. The zero-order valence-electron chi connectivity index (χ0n) is 41.0. The third-order valence-corrected chi connectivity index (χ3v) is 10.1. The molecule has 9 rings (SSSR count). The van der Waals surface area contributed by atoms with E-state index in [0.717, 1.165) is 52.1 Å². The van der Waals surface area contributed by atoms with Crippen molar-refractivity contribution in [2.24, 2.45) is 0 Å². The van der Waals surface area contributed by atoms with Crippen LogP contribution in [0.5, 0.6) is 0 Å². The van der Waals surface area contributed by atoms with E-state index in [1.807, 2.05) is 60.8 Å². The first-order chi connectivity index (χ1) is 29.1. The normalized spacial score (nSPS) is 17.4. The van der Waals surface area contributed by atoms with Crippen LogP contribution in [0, 0.1) is 40.1 Å². The summed E-state index contributed by atoms with van der Waals surface area (Å²) >= 11 is 0. The Kier molecular flexibility index (Phi) is 8.26. The summed E-state index contributed by atoms with van der Waals surface area (Å²) in [6.07, 6.45) is 7.09. The van der Waals surface area contributed by atoms with Crippen LogP contribution in [0.1, 0.15) is 100 Å². The van der Waals surface area contributed by atoms with E-state index in [0.29, 0.717) is 57.2 Å². The molecule has 1 aliphatic rings. The van der Waals surface area contributed by atoms with Crippen molar-refractivity contribution in [3.63, 3.8) is 0 Å². The molecule has 0 atom stereocenters. The topological polar surface area (TPSA) is 38.9 Å². The predicted octanol–water partition coefficient (Wildman–Crippen LogP) is 14.0. The van der Waals surface area contributed by atoms with Crippen molar-refractivity contribution in [1.82, 2.24) is 9.97 Å². The van der Waals surface area contributed by atoms with Crippen LogP contribution in [-0.4, -0.2) is 9.97 Å². The predicted molar refractivity (Wildman–Crippen MR) is 224 cm³/mol. The molecule has 54 heavy (non-hydrogen) atoms. The van der Waals surface area contributed by atoms with E-state index < -0.39 is 26.4 Å². The fourth-order valence-electron chi connectivity index (χ4n) is 7.27. The van der Waals surface area contributed by atoms with Crippen LogP contribution in [-0.2, 0) is 25.5 Å². The van der Waals surface area contributed by atoms with E-state index >= 15 is 0 Å². The fourth-order valence-corrected chi connectivity index (χ4v) is 7.27. The number of benzene rings is 5. The number of nitrogens with zero attached hydrogens (tertiary/aromatic N) is 2. The molecule has 274 valence electrons. The van der Waals surface area contributed by atoms with E-state index in [4.69, 9.17) is 16.8 Å². The molecular formula is C50H49IrN2O. The molecule has 0 spiro atoms. The molecule has 3 heterocycles. The Hall–Kier alpha value is -4.63. The standard InChI is InChI=1S/C33H28NO.C16H18N.CH3.Ir/c1-20-12-16-26(29-18-28(21(2)19-34-29)22-8-4-3-5-9-22)32-30(20)27-17-15-24-14-13-23-10-6-7-11-25(23)31(24)33(27)35-32;1-12-5-7-13(8-6-12)15-10-9-14(11-17-15)16(2,3)4;;/h6-7,10-15,17-19,22H,3-5,8-9H2,1-2H3;5-7,9-11H,1-4H3;1H3;/q3*-1;+3/i1D3,2D3,22D;1D3;;. The van der Waals surface area contributed by atoms with Crippen LogP contribution in [0.2, 0.25) is 0 Å².